The quantitative estimate of drug-likeness (QED) is 0.717. The van der Waals surface area contributed by atoms with Crippen molar-refractivity contribution in [2.75, 3.05) is 0 Å². The van der Waals surface area contributed by atoms with Crippen LogP contribution in [0.25, 0.3) is 11.1 Å². The van der Waals surface area contributed by atoms with Crippen molar-refractivity contribution >= 4 is 23.0 Å². The van der Waals surface area contributed by atoms with E-state index in [1.165, 1.54) is 6.07 Å². The fourth-order valence-electron chi connectivity index (χ4n) is 3.17. The lowest BCUT2D eigenvalue weighted by Gasteiger charge is -2.12. The fourth-order valence-corrected chi connectivity index (χ4v) is 3.17. The molecule has 1 aliphatic carbocycles. The maximum absolute atomic E-state index is 12.6. The highest BCUT2D eigenvalue weighted by Crippen LogP contribution is 2.21. The number of carbonyl (C=O) groups excluding carboxylic acids is 2. The largest absolute Gasteiger partial charge is 0.433 e. The third-order valence-electron chi connectivity index (χ3n) is 4.47. The second-order valence-corrected chi connectivity index (χ2v) is 6.36. The Bertz CT molecular complexity index is 924. The van der Waals surface area contributed by atoms with Crippen LogP contribution in [0.5, 0.6) is 5.75 Å². The molecule has 4 rings (SSSR count). The molecule has 0 spiro atoms. The van der Waals surface area contributed by atoms with Gasteiger partial charge in [0.1, 0.15) is 11.3 Å². The molecule has 0 saturated heterocycles. The maximum Gasteiger partial charge on any atom is 0.412 e. The second kappa shape index (κ2) is 7.00. The van der Waals surface area contributed by atoms with Crippen molar-refractivity contribution in [3.05, 3.63) is 60.0 Å². The molecule has 2 aromatic carbocycles. The Balaban J connectivity index is 1.49. The van der Waals surface area contributed by atoms with Crippen molar-refractivity contribution in [1.29, 1.82) is 0 Å². The zero-order chi connectivity index (χ0) is 17.9. The summed E-state index contributed by atoms with van der Waals surface area (Å²) in [6.45, 7) is 0. The van der Waals surface area contributed by atoms with Gasteiger partial charge in [-0.3, -0.25) is 4.79 Å². The van der Waals surface area contributed by atoms with Gasteiger partial charge < -0.3 is 14.5 Å². The fraction of sp³-hybridized carbons (Fsp3) is 0.250. The van der Waals surface area contributed by atoms with E-state index < -0.39 is 6.09 Å². The Morgan fingerprint density at radius 1 is 1.08 bits per heavy atom. The third kappa shape index (κ3) is 3.44. The molecule has 0 radical (unpaired) electrons. The molecule has 0 unspecified atom stereocenters. The van der Waals surface area contributed by atoms with Crippen LogP contribution in [0, 0.1) is 0 Å². The molecule has 1 N–H and O–H groups in total. The Morgan fingerprint density at radius 2 is 1.88 bits per heavy atom. The smallest absolute Gasteiger partial charge is 0.412 e. The van der Waals surface area contributed by atoms with Crippen LogP contribution in [0.4, 0.5) is 4.79 Å². The molecule has 0 aliphatic heterocycles. The van der Waals surface area contributed by atoms with Crippen molar-refractivity contribution < 1.29 is 18.7 Å². The lowest BCUT2D eigenvalue weighted by Crippen LogP contribution is -2.34. The monoisotopic (exact) mass is 350 g/mol. The van der Waals surface area contributed by atoms with E-state index in [1.807, 2.05) is 12.1 Å². The van der Waals surface area contributed by atoms with E-state index in [2.05, 4.69) is 10.3 Å². The molecule has 1 aromatic heterocycles. The summed E-state index contributed by atoms with van der Waals surface area (Å²) >= 11 is 0. The molecule has 0 atom stereocenters. The van der Waals surface area contributed by atoms with E-state index in [9.17, 15) is 9.59 Å². The van der Waals surface area contributed by atoms with Crippen molar-refractivity contribution in [2.45, 2.75) is 31.7 Å². The van der Waals surface area contributed by atoms with Crippen LogP contribution in [0.3, 0.4) is 0 Å². The minimum atomic E-state index is -0.497. The maximum atomic E-state index is 12.6. The molecule has 1 saturated carbocycles. The first-order valence-corrected chi connectivity index (χ1v) is 8.68. The van der Waals surface area contributed by atoms with Crippen LogP contribution in [-0.4, -0.2) is 22.9 Å². The van der Waals surface area contributed by atoms with Crippen molar-refractivity contribution in [2.24, 2.45) is 0 Å². The SMILES string of the molecule is O=C(NC1CCCC1)Oc1cccc(C(=O)c2nc3ccccc3o2)c1. The topological polar surface area (TPSA) is 81.4 Å². The number of ketones is 1. The van der Waals surface area contributed by atoms with Gasteiger partial charge in [0, 0.05) is 11.6 Å². The predicted molar refractivity (Wildman–Crippen MR) is 95.3 cm³/mol. The Labute approximate surface area is 150 Å². The van der Waals surface area contributed by atoms with Gasteiger partial charge >= 0.3 is 6.09 Å². The standard InChI is InChI=1S/C20H18N2O4/c23-18(19-22-16-10-3-4-11-17(16)26-19)13-6-5-9-15(12-13)25-20(24)21-14-7-1-2-8-14/h3-6,9-12,14H,1-2,7-8H2,(H,21,24). The van der Waals surface area contributed by atoms with Crippen molar-refractivity contribution in [3.63, 3.8) is 0 Å². The number of benzene rings is 2. The second-order valence-electron chi connectivity index (χ2n) is 6.36. The van der Waals surface area contributed by atoms with Gasteiger partial charge in [0.05, 0.1) is 0 Å². The lowest BCUT2D eigenvalue weighted by atomic mass is 10.1. The normalized spacial score (nSPS) is 14.5. The minimum absolute atomic E-state index is 0.0127. The van der Waals surface area contributed by atoms with Crippen molar-refractivity contribution in [1.82, 2.24) is 10.3 Å². The molecule has 1 aliphatic rings. The first-order valence-electron chi connectivity index (χ1n) is 8.68. The number of amides is 1. The van der Waals surface area contributed by atoms with E-state index in [1.54, 1.807) is 30.3 Å². The van der Waals surface area contributed by atoms with E-state index in [0.717, 1.165) is 25.7 Å². The zero-order valence-corrected chi connectivity index (χ0v) is 14.1. The number of para-hydroxylation sites is 2. The molecular formula is C20H18N2O4. The Kier molecular flexibility index (Phi) is 4.39. The van der Waals surface area contributed by atoms with Gasteiger partial charge in [-0.15, -0.1) is 0 Å². The molecule has 0 bridgehead atoms. The highest BCUT2D eigenvalue weighted by Gasteiger charge is 2.20. The molecule has 6 nitrogen and oxygen atoms in total. The van der Waals surface area contributed by atoms with Crippen LogP contribution < -0.4 is 10.1 Å². The number of nitrogens with zero attached hydrogens (tertiary/aromatic N) is 1. The van der Waals surface area contributed by atoms with Crippen molar-refractivity contribution in [3.8, 4) is 5.75 Å². The van der Waals surface area contributed by atoms with E-state index >= 15 is 0 Å². The van der Waals surface area contributed by atoms with Gasteiger partial charge in [-0.2, -0.15) is 0 Å². The summed E-state index contributed by atoms with van der Waals surface area (Å²) in [5, 5.41) is 2.85. The highest BCUT2D eigenvalue weighted by atomic mass is 16.6. The molecule has 1 fully saturated rings. The summed E-state index contributed by atoms with van der Waals surface area (Å²) in [5.41, 5.74) is 1.53. The number of ether oxygens (including phenoxy) is 1. The number of hydrogen-bond donors (Lipinski definition) is 1. The van der Waals surface area contributed by atoms with Crippen LogP contribution in [0.1, 0.15) is 41.9 Å². The average Bonchev–Trinajstić information content (AvgIpc) is 3.30. The lowest BCUT2D eigenvalue weighted by molar-refractivity contribution is 0.100. The molecule has 26 heavy (non-hydrogen) atoms. The van der Waals surface area contributed by atoms with Crippen LogP contribution in [0.15, 0.2) is 52.9 Å². The molecule has 132 valence electrons. The van der Waals surface area contributed by atoms with E-state index in [-0.39, 0.29) is 17.7 Å². The number of oxazole rings is 1. The summed E-state index contributed by atoms with van der Waals surface area (Å²) in [6, 6.07) is 13.8. The molecule has 3 aromatic rings. The van der Waals surface area contributed by atoms with Gasteiger partial charge in [0.2, 0.25) is 5.78 Å². The third-order valence-corrected chi connectivity index (χ3v) is 4.47. The number of hydrogen-bond acceptors (Lipinski definition) is 5. The summed E-state index contributed by atoms with van der Waals surface area (Å²) in [6.07, 6.45) is 3.71. The van der Waals surface area contributed by atoms with E-state index in [0.29, 0.717) is 22.4 Å². The summed E-state index contributed by atoms with van der Waals surface area (Å²) < 4.78 is 10.8. The first kappa shape index (κ1) is 16.3. The molecule has 1 amide bonds. The number of aromatic nitrogens is 1. The number of fused-ring (bicyclic) bond motifs is 1. The summed E-state index contributed by atoms with van der Waals surface area (Å²) in [7, 11) is 0. The average molecular weight is 350 g/mol. The van der Waals surface area contributed by atoms with Gasteiger partial charge in [-0.05, 0) is 37.1 Å². The molecule has 6 heteroatoms. The Morgan fingerprint density at radius 3 is 2.69 bits per heavy atom. The number of rotatable bonds is 4. The summed E-state index contributed by atoms with van der Waals surface area (Å²) in [5.74, 6) is -0.0379. The highest BCUT2D eigenvalue weighted by molar-refractivity contribution is 6.07. The van der Waals surface area contributed by atoms with E-state index in [4.69, 9.17) is 9.15 Å². The number of nitrogens with one attached hydrogen (secondary N) is 1. The van der Waals surface area contributed by atoms with Crippen LogP contribution in [0.2, 0.25) is 0 Å². The minimum Gasteiger partial charge on any atom is -0.433 e. The molecular weight excluding hydrogens is 332 g/mol. The molecule has 1 heterocycles. The predicted octanol–water partition coefficient (Wildman–Crippen LogP) is 4.09. The van der Waals surface area contributed by atoms with Gasteiger partial charge in [-0.1, -0.05) is 37.1 Å². The van der Waals surface area contributed by atoms with Gasteiger partial charge in [0.25, 0.3) is 5.89 Å². The first-order chi connectivity index (χ1) is 12.7. The van der Waals surface area contributed by atoms with Gasteiger partial charge in [0.15, 0.2) is 5.58 Å². The number of carbonyl (C=O) groups is 2. The van der Waals surface area contributed by atoms with Crippen LogP contribution >= 0.6 is 0 Å². The van der Waals surface area contributed by atoms with Gasteiger partial charge in [-0.25, -0.2) is 9.78 Å². The Hall–Kier alpha value is -3.15. The summed E-state index contributed by atoms with van der Waals surface area (Å²) in [4.78, 5) is 28.8. The van der Waals surface area contributed by atoms with Crippen LogP contribution in [-0.2, 0) is 0 Å². The zero-order valence-electron chi connectivity index (χ0n) is 14.1.